The standard InChI is InChI=1S/C13H14N4S2/c1-2-3-8-12-14-9-17(16-12)19-13-15-10-6-4-5-7-11(10)18-13/h4-7,9H,2-3,8H2,1H3. The number of para-hydroxylation sites is 1. The van der Waals surface area contributed by atoms with Crippen LogP contribution in [0.4, 0.5) is 0 Å². The van der Waals surface area contributed by atoms with E-state index in [0.29, 0.717) is 0 Å². The number of aryl methyl sites for hydroxylation is 1. The summed E-state index contributed by atoms with van der Waals surface area (Å²) in [5.74, 6) is 0.912. The maximum Gasteiger partial charge on any atom is 0.173 e. The quantitative estimate of drug-likeness (QED) is 0.717. The van der Waals surface area contributed by atoms with Crippen LogP contribution in [-0.4, -0.2) is 19.2 Å². The van der Waals surface area contributed by atoms with Gasteiger partial charge in [-0.2, -0.15) is 4.09 Å². The van der Waals surface area contributed by atoms with Crippen molar-refractivity contribution < 1.29 is 0 Å². The summed E-state index contributed by atoms with van der Waals surface area (Å²) in [7, 11) is 0. The first-order valence-electron chi connectivity index (χ1n) is 6.29. The van der Waals surface area contributed by atoms with Crippen LogP contribution in [0.1, 0.15) is 25.6 Å². The highest BCUT2D eigenvalue weighted by Gasteiger charge is 2.07. The summed E-state index contributed by atoms with van der Waals surface area (Å²) < 4.78 is 3.99. The average Bonchev–Trinajstić information content (AvgIpc) is 3.02. The third-order valence-electron chi connectivity index (χ3n) is 2.72. The molecule has 0 aliphatic heterocycles. The highest BCUT2D eigenvalue weighted by Crippen LogP contribution is 2.29. The van der Waals surface area contributed by atoms with Gasteiger partial charge in [-0.3, -0.25) is 0 Å². The molecule has 0 amide bonds. The van der Waals surface area contributed by atoms with Crippen molar-refractivity contribution in [3.63, 3.8) is 0 Å². The normalized spacial score (nSPS) is 11.2. The second-order valence-corrected chi connectivity index (χ2v) is 6.44. The van der Waals surface area contributed by atoms with E-state index in [2.05, 4.69) is 28.1 Å². The minimum atomic E-state index is 0.912. The van der Waals surface area contributed by atoms with Crippen molar-refractivity contribution in [2.45, 2.75) is 30.5 Å². The molecule has 0 saturated heterocycles. The molecule has 0 N–H and O–H groups in total. The summed E-state index contributed by atoms with van der Waals surface area (Å²) in [6.07, 6.45) is 5.01. The number of benzene rings is 1. The SMILES string of the molecule is CCCCc1ncn(Sc2nc3ccccc3s2)n1. The fraction of sp³-hybridized carbons (Fsp3) is 0.308. The first-order chi connectivity index (χ1) is 9.35. The van der Waals surface area contributed by atoms with Crippen LogP contribution in [0.25, 0.3) is 10.2 Å². The summed E-state index contributed by atoms with van der Waals surface area (Å²) in [6, 6.07) is 8.16. The molecule has 1 aromatic carbocycles. The second-order valence-electron chi connectivity index (χ2n) is 4.21. The Balaban J connectivity index is 1.75. The van der Waals surface area contributed by atoms with Crippen molar-refractivity contribution in [3.8, 4) is 0 Å². The maximum absolute atomic E-state index is 4.57. The summed E-state index contributed by atoms with van der Waals surface area (Å²) in [5.41, 5.74) is 1.04. The number of hydrogen-bond acceptors (Lipinski definition) is 5. The first-order valence-corrected chi connectivity index (χ1v) is 7.88. The van der Waals surface area contributed by atoms with Gasteiger partial charge in [0, 0.05) is 18.4 Å². The van der Waals surface area contributed by atoms with Gasteiger partial charge in [-0.15, -0.1) is 16.4 Å². The van der Waals surface area contributed by atoms with Gasteiger partial charge in [-0.05, 0) is 18.6 Å². The number of unbranched alkanes of at least 4 members (excludes halogenated alkanes) is 1. The predicted molar refractivity (Wildman–Crippen MR) is 79.5 cm³/mol. The molecule has 19 heavy (non-hydrogen) atoms. The molecule has 2 heterocycles. The topological polar surface area (TPSA) is 43.6 Å². The molecule has 0 radical (unpaired) electrons. The van der Waals surface area contributed by atoms with Crippen molar-refractivity contribution in [2.75, 3.05) is 0 Å². The zero-order valence-corrected chi connectivity index (χ0v) is 12.2. The third-order valence-corrected chi connectivity index (χ3v) is 4.63. The number of rotatable bonds is 5. The summed E-state index contributed by atoms with van der Waals surface area (Å²) in [4.78, 5) is 8.88. The van der Waals surface area contributed by atoms with Crippen LogP contribution in [0.3, 0.4) is 0 Å². The van der Waals surface area contributed by atoms with Crippen molar-refractivity contribution in [1.29, 1.82) is 0 Å². The molecule has 98 valence electrons. The van der Waals surface area contributed by atoms with Crippen LogP contribution >= 0.6 is 23.3 Å². The van der Waals surface area contributed by atoms with Crippen LogP contribution < -0.4 is 0 Å². The Kier molecular flexibility index (Phi) is 3.79. The van der Waals surface area contributed by atoms with Gasteiger partial charge in [0.15, 0.2) is 10.2 Å². The summed E-state index contributed by atoms with van der Waals surface area (Å²) in [5, 5.41) is 4.45. The Morgan fingerprint density at radius 2 is 2.21 bits per heavy atom. The third kappa shape index (κ3) is 2.96. The van der Waals surface area contributed by atoms with Crippen molar-refractivity contribution in [3.05, 3.63) is 36.4 Å². The minimum absolute atomic E-state index is 0.912. The van der Waals surface area contributed by atoms with Gasteiger partial charge in [-0.25, -0.2) is 9.97 Å². The van der Waals surface area contributed by atoms with Crippen molar-refractivity contribution >= 4 is 33.5 Å². The zero-order chi connectivity index (χ0) is 13.1. The number of fused-ring (bicyclic) bond motifs is 1. The minimum Gasteiger partial charge on any atom is -0.228 e. The molecule has 3 rings (SSSR count). The van der Waals surface area contributed by atoms with Crippen molar-refractivity contribution in [1.82, 2.24) is 19.2 Å². The lowest BCUT2D eigenvalue weighted by Crippen LogP contribution is -1.91. The number of nitrogens with zero attached hydrogens (tertiary/aromatic N) is 4. The molecule has 0 aliphatic rings. The summed E-state index contributed by atoms with van der Waals surface area (Å²) in [6.45, 7) is 2.17. The lowest BCUT2D eigenvalue weighted by molar-refractivity contribution is 0.752. The highest BCUT2D eigenvalue weighted by molar-refractivity contribution is 7.99. The second kappa shape index (κ2) is 5.71. The first kappa shape index (κ1) is 12.6. The summed E-state index contributed by atoms with van der Waals surface area (Å²) >= 11 is 3.20. The van der Waals surface area contributed by atoms with Crippen LogP contribution in [0.15, 0.2) is 34.9 Å². The van der Waals surface area contributed by atoms with Crippen molar-refractivity contribution in [2.24, 2.45) is 0 Å². The van der Waals surface area contributed by atoms with E-state index >= 15 is 0 Å². The molecular weight excluding hydrogens is 276 g/mol. The van der Waals surface area contributed by atoms with Gasteiger partial charge in [-0.1, -0.05) is 25.5 Å². The van der Waals surface area contributed by atoms with Crippen LogP contribution in [-0.2, 0) is 6.42 Å². The molecule has 0 unspecified atom stereocenters. The van der Waals surface area contributed by atoms with Crippen LogP contribution in [0.2, 0.25) is 0 Å². The van der Waals surface area contributed by atoms with Crippen LogP contribution in [0, 0.1) is 0 Å². The van der Waals surface area contributed by atoms with Gasteiger partial charge in [0.25, 0.3) is 0 Å². The molecule has 2 aromatic heterocycles. The Bertz CT molecular complexity index is 641. The predicted octanol–water partition coefficient (Wildman–Crippen LogP) is 3.79. The molecule has 4 nitrogen and oxygen atoms in total. The van der Waals surface area contributed by atoms with Gasteiger partial charge < -0.3 is 0 Å². The smallest absolute Gasteiger partial charge is 0.173 e. The number of thiazole rings is 1. The van der Waals surface area contributed by atoms with Gasteiger partial charge in [0.1, 0.15) is 6.33 Å². The molecular formula is C13H14N4S2. The van der Waals surface area contributed by atoms with Gasteiger partial charge in [0.2, 0.25) is 0 Å². The fourth-order valence-corrected chi connectivity index (χ4v) is 3.62. The fourth-order valence-electron chi connectivity index (χ4n) is 1.74. The number of aromatic nitrogens is 4. The van der Waals surface area contributed by atoms with Gasteiger partial charge in [0.05, 0.1) is 10.2 Å². The monoisotopic (exact) mass is 290 g/mol. The number of hydrogen-bond donors (Lipinski definition) is 0. The van der Waals surface area contributed by atoms with E-state index in [1.54, 1.807) is 21.8 Å². The van der Waals surface area contributed by atoms with E-state index in [1.165, 1.54) is 23.1 Å². The Hall–Kier alpha value is -1.40. The Morgan fingerprint density at radius 1 is 1.32 bits per heavy atom. The molecule has 0 saturated carbocycles. The molecule has 0 spiro atoms. The molecule has 0 atom stereocenters. The molecule has 3 aromatic rings. The molecule has 0 aliphatic carbocycles. The van der Waals surface area contributed by atoms with E-state index in [-0.39, 0.29) is 0 Å². The van der Waals surface area contributed by atoms with E-state index in [4.69, 9.17) is 0 Å². The Morgan fingerprint density at radius 3 is 3.05 bits per heavy atom. The zero-order valence-electron chi connectivity index (χ0n) is 10.6. The maximum atomic E-state index is 4.57. The lowest BCUT2D eigenvalue weighted by Gasteiger charge is -1.93. The van der Waals surface area contributed by atoms with E-state index in [9.17, 15) is 0 Å². The largest absolute Gasteiger partial charge is 0.228 e. The van der Waals surface area contributed by atoms with E-state index < -0.39 is 0 Å². The van der Waals surface area contributed by atoms with Crippen LogP contribution in [0.5, 0.6) is 0 Å². The highest BCUT2D eigenvalue weighted by atomic mass is 32.2. The molecule has 0 fully saturated rings. The van der Waals surface area contributed by atoms with E-state index in [1.807, 2.05) is 18.2 Å². The molecule has 6 heteroatoms. The molecule has 0 bridgehead atoms. The Labute approximate surface area is 120 Å². The van der Waals surface area contributed by atoms with E-state index in [0.717, 1.165) is 28.5 Å². The lowest BCUT2D eigenvalue weighted by atomic mass is 10.2. The average molecular weight is 290 g/mol. The van der Waals surface area contributed by atoms with Gasteiger partial charge >= 0.3 is 0 Å².